The van der Waals surface area contributed by atoms with Gasteiger partial charge in [0.15, 0.2) is 6.04 Å². The van der Waals surface area contributed by atoms with Crippen LogP contribution in [0.15, 0.2) is 0 Å². The molecular formula is C14H26N2O5. The number of nitrogens with two attached hydrogens (primary N) is 1. The molecule has 3 atom stereocenters. The molecule has 0 rings (SSSR count). The van der Waals surface area contributed by atoms with Crippen LogP contribution in [0.4, 0.5) is 0 Å². The van der Waals surface area contributed by atoms with E-state index in [9.17, 15) is 14.4 Å². The van der Waals surface area contributed by atoms with Crippen LogP contribution in [-0.4, -0.2) is 42.6 Å². The molecular weight excluding hydrogens is 276 g/mol. The number of carbonyl (C=O) groups is 3. The molecule has 122 valence electrons. The Hall–Kier alpha value is -1.63. The third kappa shape index (κ3) is 7.65. The highest BCUT2D eigenvalue weighted by molar-refractivity contribution is 5.88. The Bertz CT molecular complexity index is 389. The fourth-order valence-electron chi connectivity index (χ4n) is 1.81. The van der Waals surface area contributed by atoms with Gasteiger partial charge in [-0.3, -0.25) is 9.59 Å². The second-order valence-electron chi connectivity index (χ2n) is 6.02. The summed E-state index contributed by atoms with van der Waals surface area (Å²) in [6.45, 7) is 8.76. The van der Waals surface area contributed by atoms with Crippen LogP contribution in [0.2, 0.25) is 0 Å². The van der Waals surface area contributed by atoms with E-state index in [4.69, 9.17) is 10.5 Å². The smallest absolute Gasteiger partial charge is 0.331 e. The van der Waals surface area contributed by atoms with Gasteiger partial charge in [-0.25, -0.2) is 4.79 Å². The molecule has 7 nitrogen and oxygen atoms in total. The Labute approximate surface area is 125 Å². The van der Waals surface area contributed by atoms with E-state index in [0.717, 1.165) is 0 Å². The van der Waals surface area contributed by atoms with Crippen LogP contribution in [0.1, 0.15) is 41.0 Å². The highest BCUT2D eigenvalue weighted by Crippen LogP contribution is 2.14. The fraction of sp³-hybridized carbons (Fsp3) is 0.786. The summed E-state index contributed by atoms with van der Waals surface area (Å²) in [5.74, 6) is -2.26. The van der Waals surface area contributed by atoms with Crippen LogP contribution >= 0.6 is 0 Å². The number of rotatable bonds is 7. The van der Waals surface area contributed by atoms with Gasteiger partial charge in [0, 0.05) is 12.3 Å². The first-order valence-electron chi connectivity index (χ1n) is 6.82. The quantitative estimate of drug-likeness (QED) is 0.660. The van der Waals surface area contributed by atoms with E-state index in [1.54, 1.807) is 13.8 Å². The van der Waals surface area contributed by atoms with Gasteiger partial charge >= 0.3 is 5.97 Å². The van der Waals surface area contributed by atoms with Crippen molar-refractivity contribution in [3.63, 3.8) is 0 Å². The maximum absolute atomic E-state index is 12.0. The molecule has 21 heavy (non-hydrogen) atoms. The van der Waals surface area contributed by atoms with Crippen LogP contribution in [-0.2, 0) is 23.9 Å². The predicted molar refractivity (Wildman–Crippen MR) is 77.2 cm³/mol. The standard InChI is InChI=1S/C14H26N2O5/c1-8(7-10(15)17)12(18)16-11(13(19)20-6)9(2)21-14(3,4)5/h8-9,11H,7H2,1-6H3,(H2,15,17)(H,16,18)/t8-,9+,11-/m0/s1. The lowest BCUT2D eigenvalue weighted by Gasteiger charge is -2.30. The summed E-state index contributed by atoms with van der Waals surface area (Å²) in [7, 11) is 1.23. The zero-order valence-electron chi connectivity index (χ0n) is 13.6. The van der Waals surface area contributed by atoms with Gasteiger partial charge in [0.05, 0.1) is 18.8 Å². The zero-order valence-corrected chi connectivity index (χ0v) is 13.6. The van der Waals surface area contributed by atoms with Gasteiger partial charge in [-0.15, -0.1) is 0 Å². The van der Waals surface area contributed by atoms with Crippen molar-refractivity contribution >= 4 is 17.8 Å². The predicted octanol–water partition coefficient (Wildman–Crippen LogP) is 0.359. The minimum Gasteiger partial charge on any atom is -0.467 e. The van der Waals surface area contributed by atoms with Crippen LogP contribution in [0, 0.1) is 5.92 Å². The lowest BCUT2D eigenvalue weighted by atomic mass is 10.0. The van der Waals surface area contributed by atoms with Crippen molar-refractivity contribution in [1.82, 2.24) is 5.32 Å². The molecule has 7 heteroatoms. The number of hydrogen-bond acceptors (Lipinski definition) is 5. The molecule has 0 aromatic carbocycles. The molecule has 2 amide bonds. The molecule has 0 aliphatic carbocycles. The molecule has 0 aromatic rings. The van der Waals surface area contributed by atoms with Crippen molar-refractivity contribution in [2.45, 2.75) is 58.8 Å². The van der Waals surface area contributed by atoms with Gasteiger partial charge < -0.3 is 20.5 Å². The first-order valence-corrected chi connectivity index (χ1v) is 6.82. The van der Waals surface area contributed by atoms with Crippen molar-refractivity contribution in [3.8, 4) is 0 Å². The Morgan fingerprint density at radius 1 is 1.19 bits per heavy atom. The van der Waals surface area contributed by atoms with Crippen LogP contribution < -0.4 is 11.1 Å². The number of primary amides is 1. The molecule has 0 spiro atoms. The largest absolute Gasteiger partial charge is 0.467 e. The summed E-state index contributed by atoms with van der Waals surface area (Å²) < 4.78 is 10.4. The summed E-state index contributed by atoms with van der Waals surface area (Å²) in [5, 5.41) is 2.55. The number of carbonyl (C=O) groups excluding carboxylic acids is 3. The van der Waals surface area contributed by atoms with E-state index in [0.29, 0.717) is 0 Å². The van der Waals surface area contributed by atoms with Gasteiger partial charge in [0.25, 0.3) is 0 Å². The monoisotopic (exact) mass is 302 g/mol. The summed E-state index contributed by atoms with van der Waals surface area (Å²) >= 11 is 0. The normalized spacial score (nSPS) is 15.7. The van der Waals surface area contributed by atoms with Crippen molar-refractivity contribution in [3.05, 3.63) is 0 Å². The first-order chi connectivity index (χ1) is 9.47. The number of methoxy groups -OCH3 is 1. The Morgan fingerprint density at radius 3 is 2.10 bits per heavy atom. The zero-order chi connectivity index (χ0) is 16.8. The Kier molecular flexibility index (Phi) is 7.35. The van der Waals surface area contributed by atoms with Gasteiger partial charge in [-0.05, 0) is 27.7 Å². The minimum atomic E-state index is -0.947. The lowest BCUT2D eigenvalue weighted by molar-refractivity contribution is -0.153. The average Bonchev–Trinajstić information content (AvgIpc) is 2.31. The number of hydrogen-bond donors (Lipinski definition) is 2. The minimum absolute atomic E-state index is 0.0891. The Balaban J connectivity index is 4.89. The molecule has 0 heterocycles. The summed E-state index contributed by atoms with van der Waals surface area (Å²) in [5.41, 5.74) is 4.58. The highest BCUT2D eigenvalue weighted by atomic mass is 16.5. The van der Waals surface area contributed by atoms with E-state index in [2.05, 4.69) is 10.1 Å². The van der Waals surface area contributed by atoms with Crippen molar-refractivity contribution in [2.75, 3.05) is 7.11 Å². The molecule has 0 aliphatic heterocycles. The van der Waals surface area contributed by atoms with Crippen LogP contribution in [0.25, 0.3) is 0 Å². The Morgan fingerprint density at radius 2 is 1.71 bits per heavy atom. The molecule has 0 radical (unpaired) electrons. The molecule has 0 aliphatic rings. The molecule has 0 aromatic heterocycles. The fourth-order valence-corrected chi connectivity index (χ4v) is 1.81. The molecule has 0 saturated heterocycles. The molecule has 0 unspecified atom stereocenters. The lowest BCUT2D eigenvalue weighted by Crippen LogP contribution is -2.52. The van der Waals surface area contributed by atoms with Crippen molar-refractivity contribution in [1.29, 1.82) is 0 Å². The summed E-state index contributed by atoms with van der Waals surface area (Å²) in [6, 6.07) is -0.947. The number of amides is 2. The van der Waals surface area contributed by atoms with Gasteiger partial charge in [0.2, 0.25) is 11.8 Å². The topological polar surface area (TPSA) is 108 Å². The molecule has 0 bridgehead atoms. The first kappa shape index (κ1) is 19.4. The van der Waals surface area contributed by atoms with Crippen LogP contribution in [0.5, 0.6) is 0 Å². The SMILES string of the molecule is COC(=O)[C@@H](NC(=O)[C@@H](C)CC(N)=O)[C@@H](C)OC(C)(C)C. The second kappa shape index (κ2) is 7.97. The van der Waals surface area contributed by atoms with E-state index in [-0.39, 0.29) is 6.42 Å². The maximum atomic E-state index is 12.0. The summed E-state index contributed by atoms with van der Waals surface area (Å²) in [4.78, 5) is 34.6. The molecule has 0 saturated carbocycles. The van der Waals surface area contributed by atoms with Crippen molar-refractivity contribution in [2.24, 2.45) is 11.7 Å². The van der Waals surface area contributed by atoms with Crippen LogP contribution in [0.3, 0.4) is 0 Å². The highest BCUT2D eigenvalue weighted by Gasteiger charge is 2.32. The van der Waals surface area contributed by atoms with Gasteiger partial charge in [-0.2, -0.15) is 0 Å². The van der Waals surface area contributed by atoms with E-state index < -0.39 is 41.4 Å². The number of esters is 1. The third-order valence-electron chi connectivity index (χ3n) is 2.72. The van der Waals surface area contributed by atoms with Gasteiger partial charge in [0.1, 0.15) is 0 Å². The van der Waals surface area contributed by atoms with E-state index in [1.807, 2.05) is 20.8 Å². The molecule has 3 N–H and O–H groups in total. The maximum Gasteiger partial charge on any atom is 0.331 e. The van der Waals surface area contributed by atoms with Crippen molar-refractivity contribution < 1.29 is 23.9 Å². The number of nitrogens with one attached hydrogen (secondary N) is 1. The second-order valence-corrected chi connectivity index (χ2v) is 6.02. The molecule has 0 fully saturated rings. The van der Waals surface area contributed by atoms with E-state index in [1.165, 1.54) is 7.11 Å². The van der Waals surface area contributed by atoms with E-state index >= 15 is 0 Å². The third-order valence-corrected chi connectivity index (χ3v) is 2.72. The van der Waals surface area contributed by atoms with Gasteiger partial charge in [-0.1, -0.05) is 6.92 Å². The average molecular weight is 302 g/mol. The number of ether oxygens (including phenoxy) is 2. The summed E-state index contributed by atoms with van der Waals surface area (Å²) in [6.07, 6.45) is -0.670.